The summed E-state index contributed by atoms with van der Waals surface area (Å²) in [5.41, 5.74) is 3.42. The lowest BCUT2D eigenvalue weighted by Gasteiger charge is -2.09. The number of rotatable bonds is 5. The first-order valence-corrected chi connectivity index (χ1v) is 7.01. The maximum absolute atomic E-state index is 11.0. The zero-order chi connectivity index (χ0) is 16.4. The number of H-pyrrole nitrogens is 1. The van der Waals surface area contributed by atoms with E-state index < -0.39 is 5.97 Å². The number of carboxylic acid groups (broad SMARTS) is 1. The van der Waals surface area contributed by atoms with Crippen LogP contribution in [0, 0.1) is 0 Å². The molecule has 0 unspecified atom stereocenters. The third-order valence-electron chi connectivity index (χ3n) is 3.58. The molecule has 0 atom stereocenters. The average molecular weight is 312 g/mol. The molecule has 6 nitrogen and oxygen atoms in total. The number of nitrogens with zero attached hydrogens (tertiary/aromatic N) is 1. The van der Waals surface area contributed by atoms with Gasteiger partial charge in [-0.25, -0.2) is 9.78 Å². The van der Waals surface area contributed by atoms with Crippen molar-refractivity contribution in [3.8, 4) is 17.1 Å². The Labute approximate surface area is 132 Å². The molecule has 3 rings (SSSR count). The van der Waals surface area contributed by atoms with Crippen molar-refractivity contribution in [2.24, 2.45) is 0 Å². The van der Waals surface area contributed by atoms with Gasteiger partial charge in [-0.05, 0) is 36.4 Å². The van der Waals surface area contributed by atoms with Crippen LogP contribution in [0.15, 0.2) is 36.4 Å². The predicted molar refractivity (Wildman–Crippen MR) is 85.8 cm³/mol. The van der Waals surface area contributed by atoms with Gasteiger partial charge in [0.2, 0.25) is 0 Å². The lowest BCUT2D eigenvalue weighted by molar-refractivity contribution is 0.0697. The monoisotopic (exact) mass is 312 g/mol. The number of carbonyl (C=O) groups is 1. The molecule has 0 aliphatic carbocycles. The second-order valence-electron chi connectivity index (χ2n) is 5.08. The molecule has 23 heavy (non-hydrogen) atoms. The number of carboxylic acids is 1. The van der Waals surface area contributed by atoms with Crippen LogP contribution in [0.25, 0.3) is 22.4 Å². The van der Waals surface area contributed by atoms with Gasteiger partial charge in [0, 0.05) is 18.2 Å². The molecule has 2 aromatic carbocycles. The number of aromatic carboxylic acids is 1. The second kappa shape index (κ2) is 6.10. The maximum Gasteiger partial charge on any atom is 0.335 e. The normalized spacial score (nSPS) is 10.9. The minimum atomic E-state index is -0.963. The Morgan fingerprint density at radius 1 is 1.22 bits per heavy atom. The summed E-state index contributed by atoms with van der Waals surface area (Å²) in [5.74, 6) is 0.456. The van der Waals surface area contributed by atoms with Gasteiger partial charge in [-0.3, -0.25) is 0 Å². The van der Waals surface area contributed by atoms with Crippen molar-refractivity contribution in [2.45, 2.75) is 6.61 Å². The number of benzene rings is 2. The Morgan fingerprint density at radius 2 is 2.04 bits per heavy atom. The quantitative estimate of drug-likeness (QED) is 0.756. The summed E-state index contributed by atoms with van der Waals surface area (Å²) in [6.07, 6.45) is 0. The van der Waals surface area contributed by atoms with Gasteiger partial charge in [-0.2, -0.15) is 0 Å². The van der Waals surface area contributed by atoms with E-state index in [0.29, 0.717) is 23.5 Å². The van der Waals surface area contributed by atoms with Crippen LogP contribution in [0.5, 0.6) is 5.75 Å². The second-order valence-corrected chi connectivity index (χ2v) is 5.08. The Kier molecular flexibility index (Phi) is 3.99. The molecule has 1 aromatic heterocycles. The van der Waals surface area contributed by atoms with Crippen molar-refractivity contribution in [3.63, 3.8) is 0 Å². The highest BCUT2D eigenvalue weighted by Gasteiger charge is 2.11. The van der Waals surface area contributed by atoms with Crippen LogP contribution >= 0.6 is 0 Å². The number of methoxy groups -OCH3 is 2. The first kappa shape index (κ1) is 15.1. The third kappa shape index (κ3) is 2.89. The fraction of sp³-hybridized carbons (Fsp3) is 0.176. The SMILES string of the molecule is COCc1cc(-c2nc3ccc(C(=O)O)cc3[nH]2)ccc1OC. The van der Waals surface area contributed by atoms with E-state index in [1.807, 2.05) is 18.2 Å². The van der Waals surface area contributed by atoms with Gasteiger partial charge >= 0.3 is 5.97 Å². The van der Waals surface area contributed by atoms with Gasteiger partial charge in [0.15, 0.2) is 0 Å². The zero-order valence-electron chi connectivity index (χ0n) is 12.8. The lowest BCUT2D eigenvalue weighted by Crippen LogP contribution is -1.95. The third-order valence-corrected chi connectivity index (χ3v) is 3.58. The molecule has 3 aromatic rings. The fourth-order valence-electron chi connectivity index (χ4n) is 2.47. The average Bonchev–Trinajstić information content (AvgIpc) is 2.98. The van der Waals surface area contributed by atoms with Gasteiger partial charge in [-0.15, -0.1) is 0 Å². The smallest absolute Gasteiger partial charge is 0.335 e. The molecule has 0 amide bonds. The molecule has 2 N–H and O–H groups in total. The maximum atomic E-state index is 11.0. The van der Waals surface area contributed by atoms with E-state index in [0.717, 1.165) is 16.9 Å². The van der Waals surface area contributed by atoms with Gasteiger partial charge in [0.05, 0.1) is 30.3 Å². The predicted octanol–water partition coefficient (Wildman–Crippen LogP) is 3.08. The minimum absolute atomic E-state index is 0.225. The Hall–Kier alpha value is -2.86. The Morgan fingerprint density at radius 3 is 2.74 bits per heavy atom. The number of aromatic amines is 1. The number of imidazole rings is 1. The molecule has 0 saturated carbocycles. The fourth-order valence-corrected chi connectivity index (χ4v) is 2.47. The van der Waals surface area contributed by atoms with Crippen molar-refractivity contribution < 1.29 is 19.4 Å². The molecule has 0 saturated heterocycles. The molecular formula is C17H16N2O4. The van der Waals surface area contributed by atoms with Crippen molar-refractivity contribution in [3.05, 3.63) is 47.5 Å². The van der Waals surface area contributed by atoms with E-state index in [1.54, 1.807) is 32.4 Å². The molecule has 0 fully saturated rings. The number of ether oxygens (including phenoxy) is 2. The Bertz CT molecular complexity index is 870. The Balaban J connectivity index is 2.05. The van der Waals surface area contributed by atoms with Crippen molar-refractivity contribution in [2.75, 3.05) is 14.2 Å². The highest BCUT2D eigenvalue weighted by Crippen LogP contribution is 2.27. The lowest BCUT2D eigenvalue weighted by atomic mass is 10.1. The van der Waals surface area contributed by atoms with Gasteiger partial charge < -0.3 is 19.6 Å². The summed E-state index contributed by atoms with van der Waals surface area (Å²) in [6, 6.07) is 10.5. The summed E-state index contributed by atoms with van der Waals surface area (Å²) >= 11 is 0. The van der Waals surface area contributed by atoms with Gasteiger partial charge in [-0.1, -0.05) is 0 Å². The van der Waals surface area contributed by atoms with Crippen LogP contribution in [-0.4, -0.2) is 35.3 Å². The van der Waals surface area contributed by atoms with Gasteiger partial charge in [0.1, 0.15) is 11.6 Å². The van der Waals surface area contributed by atoms with E-state index in [4.69, 9.17) is 14.6 Å². The van der Waals surface area contributed by atoms with Crippen LogP contribution < -0.4 is 4.74 Å². The molecule has 0 aliphatic heterocycles. The number of hydrogen-bond acceptors (Lipinski definition) is 4. The molecule has 1 heterocycles. The van der Waals surface area contributed by atoms with E-state index in [9.17, 15) is 4.79 Å². The zero-order valence-corrected chi connectivity index (χ0v) is 12.8. The summed E-state index contributed by atoms with van der Waals surface area (Å²) in [6.45, 7) is 0.431. The standard InChI is InChI=1S/C17H16N2O4/c1-22-9-12-7-10(4-6-15(12)23-2)16-18-13-5-3-11(17(20)21)8-14(13)19-16/h3-8H,9H2,1-2H3,(H,18,19)(H,20,21). The van der Waals surface area contributed by atoms with E-state index in [2.05, 4.69) is 9.97 Å². The highest BCUT2D eigenvalue weighted by atomic mass is 16.5. The van der Waals surface area contributed by atoms with Crippen molar-refractivity contribution in [1.82, 2.24) is 9.97 Å². The topological polar surface area (TPSA) is 84.4 Å². The first-order chi connectivity index (χ1) is 11.1. The van der Waals surface area contributed by atoms with E-state index in [1.165, 1.54) is 0 Å². The summed E-state index contributed by atoms with van der Waals surface area (Å²) in [5, 5.41) is 9.06. The van der Waals surface area contributed by atoms with Crippen molar-refractivity contribution in [1.29, 1.82) is 0 Å². The molecule has 0 aliphatic rings. The number of fused-ring (bicyclic) bond motifs is 1. The summed E-state index contributed by atoms with van der Waals surface area (Å²) < 4.78 is 10.5. The molecular weight excluding hydrogens is 296 g/mol. The van der Waals surface area contributed by atoms with Crippen LogP contribution in [0.2, 0.25) is 0 Å². The van der Waals surface area contributed by atoms with Crippen LogP contribution in [0.1, 0.15) is 15.9 Å². The molecule has 0 spiro atoms. The molecule has 0 radical (unpaired) electrons. The number of hydrogen-bond donors (Lipinski definition) is 2. The highest BCUT2D eigenvalue weighted by molar-refractivity contribution is 5.93. The minimum Gasteiger partial charge on any atom is -0.496 e. The molecule has 0 bridgehead atoms. The number of aromatic nitrogens is 2. The van der Waals surface area contributed by atoms with E-state index in [-0.39, 0.29) is 5.56 Å². The first-order valence-electron chi connectivity index (χ1n) is 7.01. The summed E-state index contributed by atoms with van der Waals surface area (Å²) in [7, 11) is 3.24. The van der Waals surface area contributed by atoms with E-state index >= 15 is 0 Å². The van der Waals surface area contributed by atoms with Crippen molar-refractivity contribution >= 4 is 17.0 Å². The number of nitrogens with one attached hydrogen (secondary N) is 1. The van der Waals surface area contributed by atoms with Crippen LogP contribution in [-0.2, 0) is 11.3 Å². The largest absolute Gasteiger partial charge is 0.496 e. The molecule has 6 heteroatoms. The van der Waals surface area contributed by atoms with Crippen LogP contribution in [0.3, 0.4) is 0 Å². The molecule has 118 valence electrons. The summed E-state index contributed by atoms with van der Waals surface area (Å²) in [4.78, 5) is 18.7. The van der Waals surface area contributed by atoms with Gasteiger partial charge in [0.25, 0.3) is 0 Å². The van der Waals surface area contributed by atoms with Crippen LogP contribution in [0.4, 0.5) is 0 Å².